The fourth-order valence-electron chi connectivity index (χ4n) is 1.15. The van der Waals surface area contributed by atoms with Crippen molar-refractivity contribution in [3.63, 3.8) is 0 Å². The zero-order valence-corrected chi connectivity index (χ0v) is 14.9. The summed E-state index contributed by atoms with van der Waals surface area (Å²) in [6, 6.07) is 0. The van der Waals surface area contributed by atoms with Gasteiger partial charge in [-0.05, 0) is 19.1 Å². The molecule has 22 heavy (non-hydrogen) atoms. The Balaban J connectivity index is 0. The summed E-state index contributed by atoms with van der Waals surface area (Å²) in [6.45, 7) is 9.45. The normalized spacial score (nSPS) is 9.82. The largest absolute Gasteiger partial charge is 0.369 e. The summed E-state index contributed by atoms with van der Waals surface area (Å²) in [6.07, 6.45) is 6.15. The van der Waals surface area contributed by atoms with E-state index in [4.69, 9.17) is 0 Å². The molecule has 1 rings (SSSR count). The molecule has 0 atom stereocenters. The highest BCUT2D eigenvalue weighted by Gasteiger charge is 2.03. The Morgan fingerprint density at radius 1 is 1.27 bits per heavy atom. The number of aliphatic imine (C=N–C) groups is 1. The van der Waals surface area contributed by atoms with E-state index in [0.29, 0.717) is 11.4 Å². The number of aryl methyl sites for hydroxylation is 1. The molecule has 0 radical (unpaired) electrons. The van der Waals surface area contributed by atoms with Crippen LogP contribution in [0.4, 0.5) is 5.82 Å². The lowest BCUT2D eigenvalue weighted by atomic mass is 10.2. The molecular weight excluding hydrogens is 280 g/mol. The average molecular weight is 308 g/mol. The van der Waals surface area contributed by atoms with Crippen molar-refractivity contribution < 1.29 is 4.79 Å². The van der Waals surface area contributed by atoms with Crippen molar-refractivity contribution in [3.8, 4) is 0 Å². The van der Waals surface area contributed by atoms with Gasteiger partial charge in [0.15, 0.2) is 11.6 Å². The molecule has 0 aliphatic rings. The number of nitrogens with zero attached hydrogens (tertiary/aromatic N) is 4. The zero-order chi connectivity index (χ0) is 17.7. The van der Waals surface area contributed by atoms with E-state index in [2.05, 4.69) is 9.98 Å². The molecule has 0 aromatic carbocycles. The third-order valence-electron chi connectivity index (χ3n) is 2.00. The molecule has 0 saturated heterocycles. The second-order valence-electron chi connectivity index (χ2n) is 4.07. The monoisotopic (exact) mass is 308 g/mol. The topological polar surface area (TPSA) is 67.6 Å². The lowest BCUT2D eigenvalue weighted by Crippen LogP contribution is -2.19. The van der Waals surface area contributed by atoms with Crippen molar-refractivity contribution in [2.45, 2.75) is 34.6 Å². The van der Waals surface area contributed by atoms with Gasteiger partial charge in [-0.25, -0.2) is 9.79 Å². The smallest absolute Gasteiger partial charge is 0.349 e. The average Bonchev–Trinajstić information content (AvgIpc) is 2.50. The molecule has 1 aromatic heterocycles. The van der Waals surface area contributed by atoms with Gasteiger partial charge in [-0.1, -0.05) is 27.7 Å². The van der Waals surface area contributed by atoms with E-state index < -0.39 is 0 Å². The Labute approximate surface area is 133 Å². The highest BCUT2D eigenvalue weighted by molar-refractivity contribution is 5.92. The van der Waals surface area contributed by atoms with Gasteiger partial charge in [-0.15, -0.1) is 0 Å². The minimum absolute atomic E-state index is 0.0774. The maximum absolute atomic E-state index is 11.4. The first kappa shape index (κ1) is 22.0. The lowest BCUT2D eigenvalue weighted by molar-refractivity contribution is -0.112. The number of hydrogen-bond acceptors (Lipinski definition) is 4. The SMILES string of the molecule is CC.CC.CC(=O)/C=C/c1cn(C)c(=O)nc1N=CN(C)C. The first-order valence-electron chi connectivity index (χ1n) is 7.37. The zero-order valence-electron chi connectivity index (χ0n) is 14.9. The number of hydrogen-bond donors (Lipinski definition) is 0. The van der Waals surface area contributed by atoms with Crippen LogP contribution in [-0.2, 0) is 11.8 Å². The van der Waals surface area contributed by atoms with Gasteiger partial charge in [0.05, 0.1) is 6.34 Å². The van der Waals surface area contributed by atoms with Crippen LogP contribution >= 0.6 is 0 Å². The Bertz CT molecular complexity index is 558. The molecule has 0 bridgehead atoms. The van der Waals surface area contributed by atoms with E-state index in [1.54, 1.807) is 30.6 Å². The van der Waals surface area contributed by atoms with Crippen molar-refractivity contribution in [1.29, 1.82) is 0 Å². The number of carbonyl (C=O) groups excluding carboxylic acids is 1. The quantitative estimate of drug-likeness (QED) is 0.487. The van der Waals surface area contributed by atoms with Crippen LogP contribution in [0.3, 0.4) is 0 Å². The summed E-state index contributed by atoms with van der Waals surface area (Å²) in [5, 5.41) is 0. The molecule has 0 spiro atoms. The highest BCUT2D eigenvalue weighted by atomic mass is 16.1. The third kappa shape index (κ3) is 8.84. The number of ketones is 1. The second-order valence-corrected chi connectivity index (χ2v) is 4.07. The summed E-state index contributed by atoms with van der Waals surface area (Å²) >= 11 is 0. The van der Waals surface area contributed by atoms with Crippen molar-refractivity contribution in [2.24, 2.45) is 12.0 Å². The van der Waals surface area contributed by atoms with Gasteiger partial charge in [-0.2, -0.15) is 4.98 Å². The van der Waals surface area contributed by atoms with Gasteiger partial charge in [0.25, 0.3) is 0 Å². The Morgan fingerprint density at radius 2 is 1.82 bits per heavy atom. The van der Waals surface area contributed by atoms with Crippen LogP contribution < -0.4 is 5.69 Å². The first-order chi connectivity index (χ1) is 10.4. The van der Waals surface area contributed by atoms with Crippen molar-refractivity contribution in [3.05, 3.63) is 28.3 Å². The van der Waals surface area contributed by atoms with Crippen LogP contribution in [0.25, 0.3) is 6.08 Å². The fraction of sp³-hybridized carbons (Fsp3) is 0.500. The molecule has 0 amide bonds. The molecule has 0 aliphatic carbocycles. The van der Waals surface area contributed by atoms with Crippen LogP contribution in [0.15, 0.2) is 22.1 Å². The van der Waals surface area contributed by atoms with Crippen molar-refractivity contribution in [2.75, 3.05) is 14.1 Å². The molecule has 124 valence electrons. The van der Waals surface area contributed by atoms with Crippen LogP contribution in [-0.4, -0.2) is 40.7 Å². The molecule has 0 aliphatic heterocycles. The van der Waals surface area contributed by atoms with Gasteiger partial charge in [0, 0.05) is 32.9 Å². The number of allylic oxidation sites excluding steroid dienone is 1. The Kier molecular flexibility index (Phi) is 12.5. The maximum atomic E-state index is 11.4. The number of carbonyl (C=O) groups is 1. The van der Waals surface area contributed by atoms with E-state index in [-0.39, 0.29) is 11.5 Å². The molecule has 6 nitrogen and oxygen atoms in total. The van der Waals surface area contributed by atoms with Gasteiger partial charge in [0.1, 0.15) is 0 Å². The second kappa shape index (κ2) is 12.5. The summed E-state index contributed by atoms with van der Waals surface area (Å²) in [5.74, 6) is 0.218. The van der Waals surface area contributed by atoms with Gasteiger partial charge < -0.3 is 9.47 Å². The van der Waals surface area contributed by atoms with Gasteiger partial charge in [0.2, 0.25) is 0 Å². The number of rotatable bonds is 4. The molecule has 1 heterocycles. The van der Waals surface area contributed by atoms with Gasteiger partial charge >= 0.3 is 5.69 Å². The standard InChI is InChI=1S/C12H16N4O2.2C2H6/c1-9(17)5-6-10-7-16(4)12(18)14-11(10)13-8-15(2)3;2*1-2/h5-8H,1-4H3;2*1-2H3/b6-5+,13-8?;;. The van der Waals surface area contributed by atoms with Gasteiger partial charge in [-0.3, -0.25) is 4.79 Å². The fourth-order valence-corrected chi connectivity index (χ4v) is 1.15. The van der Waals surface area contributed by atoms with Crippen LogP contribution in [0.5, 0.6) is 0 Å². The summed E-state index contributed by atoms with van der Waals surface area (Å²) in [4.78, 5) is 32.0. The summed E-state index contributed by atoms with van der Waals surface area (Å²) < 4.78 is 1.34. The minimum Gasteiger partial charge on any atom is -0.369 e. The van der Waals surface area contributed by atoms with E-state index in [1.807, 2.05) is 41.8 Å². The maximum Gasteiger partial charge on any atom is 0.349 e. The molecule has 1 aromatic rings. The van der Waals surface area contributed by atoms with E-state index in [0.717, 1.165) is 0 Å². The van der Waals surface area contributed by atoms with Crippen LogP contribution in [0.1, 0.15) is 40.2 Å². The van der Waals surface area contributed by atoms with E-state index >= 15 is 0 Å². The van der Waals surface area contributed by atoms with Crippen LogP contribution in [0.2, 0.25) is 0 Å². The molecular formula is C16H28N4O2. The predicted molar refractivity (Wildman–Crippen MR) is 93.7 cm³/mol. The molecule has 0 unspecified atom stereocenters. The van der Waals surface area contributed by atoms with Crippen molar-refractivity contribution in [1.82, 2.24) is 14.5 Å². The van der Waals surface area contributed by atoms with Crippen LogP contribution in [0, 0.1) is 0 Å². The summed E-state index contributed by atoms with van der Waals surface area (Å²) in [7, 11) is 5.23. The Morgan fingerprint density at radius 3 is 2.27 bits per heavy atom. The lowest BCUT2D eigenvalue weighted by Gasteiger charge is -2.05. The first-order valence-corrected chi connectivity index (χ1v) is 7.37. The third-order valence-corrected chi connectivity index (χ3v) is 2.00. The Hall–Kier alpha value is -2.24. The van der Waals surface area contributed by atoms with Crippen molar-refractivity contribution >= 4 is 24.0 Å². The van der Waals surface area contributed by atoms with E-state index in [1.165, 1.54) is 17.6 Å². The predicted octanol–water partition coefficient (Wildman–Crippen LogP) is 2.66. The molecule has 0 N–H and O–H groups in total. The molecule has 6 heteroatoms. The minimum atomic E-state index is -0.388. The molecule has 0 fully saturated rings. The number of aromatic nitrogens is 2. The highest BCUT2D eigenvalue weighted by Crippen LogP contribution is 2.14. The summed E-state index contributed by atoms with van der Waals surface area (Å²) in [5.41, 5.74) is 0.228. The van der Waals surface area contributed by atoms with E-state index in [9.17, 15) is 9.59 Å². The molecule has 0 saturated carbocycles.